The molecule has 0 saturated carbocycles. The monoisotopic (exact) mass is 275 g/mol. The fourth-order valence-electron chi connectivity index (χ4n) is 1.60. The predicted octanol–water partition coefficient (Wildman–Crippen LogP) is 1.80. The van der Waals surface area contributed by atoms with E-state index in [9.17, 15) is 9.18 Å². The zero-order valence-electron chi connectivity index (χ0n) is 9.32. The molecule has 0 aliphatic carbocycles. The van der Waals surface area contributed by atoms with Crippen molar-refractivity contribution in [1.82, 2.24) is 0 Å². The molecule has 0 radical (unpaired) electrons. The molecule has 1 heterocycles. The summed E-state index contributed by atoms with van der Waals surface area (Å²) in [6.45, 7) is 0.110. The largest absolute Gasteiger partial charge is 0.486 e. The third-order valence-electron chi connectivity index (χ3n) is 2.36. The van der Waals surface area contributed by atoms with Crippen LogP contribution in [0, 0.1) is 5.82 Å². The van der Waals surface area contributed by atoms with Gasteiger partial charge in [-0.3, -0.25) is 0 Å². The standard InChI is InChI=1S/C11H11ClFNO4/c12-3-6-1-7(13)2-9-10(6)18-8(4-16-9)5-17-11(14)15/h1-2,8H,3-5H2,(H2,14,15). The zero-order chi connectivity index (χ0) is 13.1. The van der Waals surface area contributed by atoms with E-state index in [-0.39, 0.29) is 19.1 Å². The summed E-state index contributed by atoms with van der Waals surface area (Å²) in [5.74, 6) is 0.309. The van der Waals surface area contributed by atoms with Crippen LogP contribution in [0.2, 0.25) is 0 Å². The molecule has 2 rings (SSSR count). The van der Waals surface area contributed by atoms with E-state index in [1.807, 2.05) is 0 Å². The van der Waals surface area contributed by atoms with Crippen LogP contribution in [0.3, 0.4) is 0 Å². The normalized spacial score (nSPS) is 17.3. The number of amides is 1. The molecule has 1 aliphatic heterocycles. The summed E-state index contributed by atoms with van der Waals surface area (Å²) in [5.41, 5.74) is 5.33. The molecule has 1 aromatic carbocycles. The number of halogens is 2. The zero-order valence-corrected chi connectivity index (χ0v) is 10.1. The molecule has 18 heavy (non-hydrogen) atoms. The SMILES string of the molecule is NC(=O)OCC1COc2cc(F)cc(CCl)c2O1. The number of carbonyl (C=O) groups is 1. The Bertz CT molecular complexity index is 451. The highest BCUT2D eigenvalue weighted by atomic mass is 35.5. The molecule has 2 N–H and O–H groups in total. The maximum atomic E-state index is 13.2. The van der Waals surface area contributed by atoms with Crippen LogP contribution >= 0.6 is 11.6 Å². The van der Waals surface area contributed by atoms with Gasteiger partial charge in [-0.05, 0) is 6.07 Å². The molecule has 1 aromatic rings. The Morgan fingerprint density at radius 1 is 1.61 bits per heavy atom. The molecule has 1 atom stereocenters. The van der Waals surface area contributed by atoms with Crippen molar-refractivity contribution >= 4 is 17.7 Å². The maximum Gasteiger partial charge on any atom is 0.404 e. The number of primary amides is 1. The summed E-state index contributed by atoms with van der Waals surface area (Å²) in [4.78, 5) is 10.5. The highest BCUT2D eigenvalue weighted by Crippen LogP contribution is 2.37. The second-order valence-electron chi connectivity index (χ2n) is 3.71. The summed E-state index contributed by atoms with van der Waals surface area (Å²) in [7, 11) is 0. The van der Waals surface area contributed by atoms with Gasteiger partial charge in [0, 0.05) is 11.6 Å². The first kappa shape index (κ1) is 12.8. The van der Waals surface area contributed by atoms with Crippen LogP contribution < -0.4 is 15.2 Å². The van der Waals surface area contributed by atoms with E-state index in [1.54, 1.807) is 0 Å². The quantitative estimate of drug-likeness (QED) is 0.854. The van der Waals surface area contributed by atoms with Gasteiger partial charge in [-0.25, -0.2) is 9.18 Å². The van der Waals surface area contributed by atoms with E-state index < -0.39 is 18.0 Å². The molecule has 0 saturated heterocycles. The van der Waals surface area contributed by atoms with Crippen molar-refractivity contribution in [1.29, 1.82) is 0 Å². The molecule has 98 valence electrons. The lowest BCUT2D eigenvalue weighted by molar-refractivity contribution is 0.0352. The van der Waals surface area contributed by atoms with Crippen LogP contribution in [0.5, 0.6) is 11.5 Å². The molecular weight excluding hydrogens is 265 g/mol. The van der Waals surface area contributed by atoms with Crippen LogP contribution in [0.25, 0.3) is 0 Å². The van der Waals surface area contributed by atoms with Crippen LogP contribution in [0.15, 0.2) is 12.1 Å². The van der Waals surface area contributed by atoms with E-state index in [0.717, 1.165) is 0 Å². The molecule has 0 fully saturated rings. The minimum atomic E-state index is -0.888. The van der Waals surface area contributed by atoms with Crippen LogP contribution in [-0.2, 0) is 10.6 Å². The first-order chi connectivity index (χ1) is 8.60. The Morgan fingerprint density at radius 2 is 2.39 bits per heavy atom. The second-order valence-corrected chi connectivity index (χ2v) is 3.97. The number of hydrogen-bond acceptors (Lipinski definition) is 4. The third kappa shape index (κ3) is 2.76. The fourth-order valence-corrected chi connectivity index (χ4v) is 1.80. The topological polar surface area (TPSA) is 70.8 Å². The molecule has 0 aromatic heterocycles. The highest BCUT2D eigenvalue weighted by Gasteiger charge is 2.25. The summed E-state index contributed by atoms with van der Waals surface area (Å²) in [5, 5.41) is 0. The van der Waals surface area contributed by atoms with E-state index in [2.05, 4.69) is 4.74 Å². The third-order valence-corrected chi connectivity index (χ3v) is 2.65. The number of alkyl halides is 1. The molecule has 5 nitrogen and oxygen atoms in total. The van der Waals surface area contributed by atoms with Crippen molar-refractivity contribution in [2.45, 2.75) is 12.0 Å². The number of hydrogen-bond donors (Lipinski definition) is 1. The van der Waals surface area contributed by atoms with Crippen molar-refractivity contribution < 1.29 is 23.4 Å². The Labute approximate surface area is 108 Å². The van der Waals surface area contributed by atoms with Crippen LogP contribution in [-0.4, -0.2) is 25.4 Å². The molecule has 1 amide bonds. The number of benzene rings is 1. The number of ether oxygens (including phenoxy) is 3. The number of fused-ring (bicyclic) bond motifs is 1. The van der Waals surface area contributed by atoms with E-state index in [4.69, 9.17) is 26.8 Å². The summed E-state index contributed by atoms with van der Waals surface area (Å²) >= 11 is 5.70. The average molecular weight is 276 g/mol. The summed E-state index contributed by atoms with van der Waals surface area (Å²) in [6, 6.07) is 2.49. The van der Waals surface area contributed by atoms with Gasteiger partial charge in [0.05, 0.1) is 5.88 Å². The lowest BCUT2D eigenvalue weighted by Gasteiger charge is -2.27. The molecule has 0 spiro atoms. The van der Waals surface area contributed by atoms with Gasteiger partial charge in [-0.1, -0.05) is 0 Å². The summed E-state index contributed by atoms with van der Waals surface area (Å²) < 4.78 is 28.7. The number of nitrogens with two attached hydrogens (primary N) is 1. The number of carbonyl (C=O) groups excluding carboxylic acids is 1. The first-order valence-electron chi connectivity index (χ1n) is 5.20. The lowest BCUT2D eigenvalue weighted by Crippen LogP contribution is -2.35. The molecule has 0 bridgehead atoms. The van der Waals surface area contributed by atoms with Crippen molar-refractivity contribution in [2.24, 2.45) is 5.73 Å². The minimum absolute atomic E-state index is 0.0339. The Kier molecular flexibility index (Phi) is 3.76. The van der Waals surface area contributed by atoms with Crippen LogP contribution in [0.4, 0.5) is 9.18 Å². The first-order valence-corrected chi connectivity index (χ1v) is 5.73. The fraction of sp³-hybridized carbons (Fsp3) is 0.364. The second kappa shape index (κ2) is 5.30. The Balaban J connectivity index is 2.15. The minimum Gasteiger partial charge on any atom is -0.486 e. The molecule has 7 heteroatoms. The Hall–Kier alpha value is -1.69. The van der Waals surface area contributed by atoms with Gasteiger partial charge >= 0.3 is 6.09 Å². The number of rotatable bonds is 3. The van der Waals surface area contributed by atoms with E-state index in [0.29, 0.717) is 17.1 Å². The smallest absolute Gasteiger partial charge is 0.404 e. The van der Waals surface area contributed by atoms with Gasteiger partial charge in [-0.15, -0.1) is 11.6 Å². The van der Waals surface area contributed by atoms with Gasteiger partial charge in [0.2, 0.25) is 0 Å². The maximum absolute atomic E-state index is 13.2. The lowest BCUT2D eigenvalue weighted by atomic mass is 10.2. The predicted molar refractivity (Wildman–Crippen MR) is 61.4 cm³/mol. The van der Waals surface area contributed by atoms with Crippen molar-refractivity contribution in [3.05, 3.63) is 23.5 Å². The van der Waals surface area contributed by atoms with Gasteiger partial charge in [0.15, 0.2) is 17.6 Å². The average Bonchev–Trinajstić information content (AvgIpc) is 2.35. The van der Waals surface area contributed by atoms with Crippen molar-refractivity contribution in [3.63, 3.8) is 0 Å². The van der Waals surface area contributed by atoms with Gasteiger partial charge < -0.3 is 19.9 Å². The van der Waals surface area contributed by atoms with E-state index in [1.165, 1.54) is 12.1 Å². The van der Waals surface area contributed by atoms with E-state index >= 15 is 0 Å². The van der Waals surface area contributed by atoms with Crippen molar-refractivity contribution in [2.75, 3.05) is 13.2 Å². The van der Waals surface area contributed by atoms with Gasteiger partial charge in [-0.2, -0.15) is 0 Å². The molecule has 1 aliphatic rings. The van der Waals surface area contributed by atoms with Crippen molar-refractivity contribution in [3.8, 4) is 11.5 Å². The highest BCUT2D eigenvalue weighted by molar-refractivity contribution is 6.17. The molecular formula is C11H11ClFNO4. The van der Waals surface area contributed by atoms with Crippen LogP contribution in [0.1, 0.15) is 5.56 Å². The van der Waals surface area contributed by atoms with Gasteiger partial charge in [0.1, 0.15) is 19.0 Å². The Morgan fingerprint density at radius 3 is 3.06 bits per heavy atom. The molecule has 1 unspecified atom stereocenters. The summed E-state index contributed by atoms with van der Waals surface area (Å²) in [6.07, 6.45) is -1.38. The van der Waals surface area contributed by atoms with Gasteiger partial charge in [0.25, 0.3) is 0 Å².